The van der Waals surface area contributed by atoms with Crippen molar-refractivity contribution in [1.82, 2.24) is 0 Å². The van der Waals surface area contributed by atoms with Crippen LogP contribution in [0.5, 0.6) is 0 Å². The lowest BCUT2D eigenvalue weighted by atomic mass is 10.0. The van der Waals surface area contributed by atoms with Crippen LogP contribution in [0.2, 0.25) is 0 Å². The summed E-state index contributed by atoms with van der Waals surface area (Å²) in [5.41, 5.74) is 5.90. The number of non-ortho nitro benzene ring substituents is 1. The van der Waals surface area contributed by atoms with Crippen molar-refractivity contribution >= 4 is 18.1 Å². The van der Waals surface area contributed by atoms with Gasteiger partial charge in [-0.05, 0) is 12.0 Å². The highest BCUT2D eigenvalue weighted by Gasteiger charge is 2.27. The van der Waals surface area contributed by atoms with Gasteiger partial charge in [0.2, 0.25) is 0 Å². The minimum atomic E-state index is -4.24. The van der Waals surface area contributed by atoms with Gasteiger partial charge in [0, 0.05) is 24.6 Å². The summed E-state index contributed by atoms with van der Waals surface area (Å²) in [6.07, 6.45) is -5.44. The second kappa shape index (κ2) is 6.55. The van der Waals surface area contributed by atoms with E-state index in [-0.39, 0.29) is 24.5 Å². The number of alkyl halides is 3. The van der Waals surface area contributed by atoms with E-state index in [2.05, 4.69) is 0 Å². The summed E-state index contributed by atoms with van der Waals surface area (Å²) in [5.74, 6) is 0. The summed E-state index contributed by atoms with van der Waals surface area (Å²) in [7, 11) is 0. The van der Waals surface area contributed by atoms with Gasteiger partial charge in [-0.1, -0.05) is 12.1 Å². The molecule has 0 spiro atoms. The van der Waals surface area contributed by atoms with E-state index in [1.807, 2.05) is 0 Å². The van der Waals surface area contributed by atoms with Crippen LogP contribution in [0, 0.1) is 10.1 Å². The van der Waals surface area contributed by atoms with Crippen LogP contribution in [0.1, 0.15) is 24.4 Å². The maximum absolute atomic E-state index is 12.0. The van der Waals surface area contributed by atoms with Crippen LogP contribution < -0.4 is 5.73 Å². The molecule has 102 valence electrons. The zero-order chi connectivity index (χ0) is 13.1. The maximum Gasteiger partial charge on any atom is 0.389 e. The van der Waals surface area contributed by atoms with E-state index in [4.69, 9.17) is 5.73 Å². The van der Waals surface area contributed by atoms with E-state index < -0.39 is 23.6 Å². The largest absolute Gasteiger partial charge is 0.389 e. The van der Waals surface area contributed by atoms with Crippen molar-refractivity contribution in [2.75, 3.05) is 0 Å². The van der Waals surface area contributed by atoms with E-state index in [1.54, 1.807) is 0 Å². The van der Waals surface area contributed by atoms with Crippen LogP contribution in [-0.2, 0) is 0 Å². The molecule has 18 heavy (non-hydrogen) atoms. The molecule has 1 aromatic rings. The molecule has 0 fully saturated rings. The number of benzene rings is 1. The summed E-state index contributed by atoms with van der Waals surface area (Å²) in [4.78, 5) is 9.79. The highest BCUT2D eigenvalue weighted by atomic mass is 35.5. The zero-order valence-electron chi connectivity index (χ0n) is 9.18. The quantitative estimate of drug-likeness (QED) is 0.681. The molecule has 1 aromatic carbocycles. The Morgan fingerprint density at radius 3 is 2.17 bits per heavy atom. The lowest BCUT2D eigenvalue weighted by molar-refractivity contribution is -0.384. The lowest BCUT2D eigenvalue weighted by Gasteiger charge is -2.13. The van der Waals surface area contributed by atoms with Crippen molar-refractivity contribution in [2.45, 2.75) is 25.1 Å². The molecule has 0 saturated carbocycles. The summed E-state index contributed by atoms with van der Waals surface area (Å²) in [5, 5.41) is 10.4. The van der Waals surface area contributed by atoms with Gasteiger partial charge in [0.05, 0.1) is 4.92 Å². The van der Waals surface area contributed by atoms with Crippen LogP contribution in [-0.4, -0.2) is 11.1 Å². The number of hydrogen-bond acceptors (Lipinski definition) is 3. The Hall–Kier alpha value is -1.34. The fraction of sp³-hybridized carbons (Fsp3) is 0.400. The van der Waals surface area contributed by atoms with Crippen LogP contribution in [0.4, 0.5) is 18.9 Å². The van der Waals surface area contributed by atoms with Gasteiger partial charge in [-0.15, -0.1) is 12.4 Å². The van der Waals surface area contributed by atoms with E-state index in [0.717, 1.165) is 0 Å². The third-order valence-corrected chi connectivity index (χ3v) is 2.27. The van der Waals surface area contributed by atoms with Gasteiger partial charge in [0.25, 0.3) is 5.69 Å². The van der Waals surface area contributed by atoms with Gasteiger partial charge in [-0.3, -0.25) is 10.1 Å². The first-order valence-corrected chi connectivity index (χ1v) is 4.86. The molecule has 2 N–H and O–H groups in total. The molecule has 0 radical (unpaired) electrons. The number of rotatable bonds is 4. The van der Waals surface area contributed by atoms with Crippen molar-refractivity contribution in [1.29, 1.82) is 0 Å². The molecule has 0 aromatic heterocycles. The van der Waals surface area contributed by atoms with Gasteiger partial charge < -0.3 is 5.73 Å². The highest BCUT2D eigenvalue weighted by molar-refractivity contribution is 5.85. The molecular formula is C10H12ClF3N2O2. The maximum atomic E-state index is 12.0. The Kier molecular flexibility index (Phi) is 6.07. The van der Waals surface area contributed by atoms with E-state index >= 15 is 0 Å². The van der Waals surface area contributed by atoms with Crippen molar-refractivity contribution in [3.8, 4) is 0 Å². The molecule has 0 saturated heterocycles. The van der Waals surface area contributed by atoms with Gasteiger partial charge >= 0.3 is 6.18 Å². The summed E-state index contributed by atoms with van der Waals surface area (Å²) < 4.78 is 35.9. The van der Waals surface area contributed by atoms with Crippen molar-refractivity contribution in [3.63, 3.8) is 0 Å². The number of nitrogens with two attached hydrogens (primary N) is 1. The average Bonchev–Trinajstić information content (AvgIpc) is 2.25. The topological polar surface area (TPSA) is 69.2 Å². The minimum absolute atomic E-state index is 0. The molecule has 0 aliphatic heterocycles. The fourth-order valence-corrected chi connectivity index (χ4v) is 1.33. The predicted molar refractivity (Wildman–Crippen MR) is 62.6 cm³/mol. The first-order valence-electron chi connectivity index (χ1n) is 4.86. The SMILES string of the molecule is Cl.N[C@@H](CCC(F)(F)F)c1ccc([N+](=O)[O-])cc1. The van der Waals surface area contributed by atoms with Crippen LogP contribution in [0.25, 0.3) is 0 Å². The second-order valence-corrected chi connectivity index (χ2v) is 3.61. The Balaban J connectivity index is 0.00000289. The number of nitro groups is 1. The van der Waals surface area contributed by atoms with Gasteiger partial charge in [-0.2, -0.15) is 13.2 Å². The number of hydrogen-bond donors (Lipinski definition) is 1. The normalized spacial score (nSPS) is 12.7. The molecule has 0 aliphatic rings. The second-order valence-electron chi connectivity index (χ2n) is 3.61. The average molecular weight is 285 g/mol. The Morgan fingerprint density at radius 1 is 1.28 bits per heavy atom. The van der Waals surface area contributed by atoms with Crippen LogP contribution in [0.3, 0.4) is 0 Å². The molecule has 1 atom stereocenters. The van der Waals surface area contributed by atoms with Crippen LogP contribution in [0.15, 0.2) is 24.3 Å². The van der Waals surface area contributed by atoms with Gasteiger partial charge in [-0.25, -0.2) is 0 Å². The van der Waals surface area contributed by atoms with E-state index in [0.29, 0.717) is 5.56 Å². The van der Waals surface area contributed by atoms with Crippen molar-refractivity contribution in [2.24, 2.45) is 5.73 Å². The molecule has 1 rings (SSSR count). The minimum Gasteiger partial charge on any atom is -0.324 e. The predicted octanol–water partition coefficient (Wildman–Crippen LogP) is 3.36. The molecule has 0 aliphatic carbocycles. The Bertz CT molecular complexity index is 395. The van der Waals surface area contributed by atoms with E-state index in [9.17, 15) is 23.3 Å². The lowest BCUT2D eigenvalue weighted by Crippen LogP contribution is -2.15. The van der Waals surface area contributed by atoms with Gasteiger partial charge in [0.15, 0.2) is 0 Å². The summed E-state index contributed by atoms with van der Waals surface area (Å²) in [6, 6.07) is 4.43. The first-order chi connectivity index (χ1) is 7.79. The van der Waals surface area contributed by atoms with Crippen LogP contribution >= 0.6 is 12.4 Å². The highest BCUT2D eigenvalue weighted by Crippen LogP contribution is 2.26. The number of halogens is 4. The summed E-state index contributed by atoms with van der Waals surface area (Å²) in [6.45, 7) is 0. The third-order valence-electron chi connectivity index (χ3n) is 2.27. The molecule has 8 heteroatoms. The van der Waals surface area contributed by atoms with Gasteiger partial charge in [0.1, 0.15) is 0 Å². The Labute approximate surface area is 108 Å². The molecule has 0 amide bonds. The molecule has 4 nitrogen and oxygen atoms in total. The first kappa shape index (κ1) is 16.7. The molecular weight excluding hydrogens is 273 g/mol. The summed E-state index contributed by atoms with van der Waals surface area (Å²) >= 11 is 0. The molecule has 0 unspecified atom stereocenters. The number of nitrogens with zero attached hydrogens (tertiary/aromatic N) is 1. The smallest absolute Gasteiger partial charge is 0.324 e. The fourth-order valence-electron chi connectivity index (χ4n) is 1.33. The number of nitro benzene ring substituents is 1. The molecule has 0 heterocycles. The Morgan fingerprint density at radius 2 is 1.78 bits per heavy atom. The van der Waals surface area contributed by atoms with E-state index in [1.165, 1.54) is 24.3 Å². The standard InChI is InChI=1S/C10H11F3N2O2.ClH/c11-10(12,13)6-5-9(14)7-1-3-8(4-2-7)15(16)17;/h1-4,9H,5-6,14H2;1H/t9-;/m0./s1. The van der Waals surface area contributed by atoms with Crippen molar-refractivity contribution < 1.29 is 18.1 Å². The monoisotopic (exact) mass is 284 g/mol. The zero-order valence-corrected chi connectivity index (χ0v) is 10.0. The third kappa shape index (κ3) is 5.33. The van der Waals surface area contributed by atoms with Crippen molar-refractivity contribution in [3.05, 3.63) is 39.9 Å². The molecule has 0 bridgehead atoms.